The van der Waals surface area contributed by atoms with Gasteiger partial charge in [0.1, 0.15) is 0 Å². The Morgan fingerprint density at radius 1 is 0.957 bits per heavy atom. The molecule has 0 aliphatic carbocycles. The van der Waals surface area contributed by atoms with E-state index in [0.29, 0.717) is 16.5 Å². The minimum Gasteiger partial charge on any atom is -0.504 e. The van der Waals surface area contributed by atoms with E-state index >= 15 is 0 Å². The Balaban J connectivity index is 3.03. The lowest BCUT2D eigenvalue weighted by atomic mass is 10.1. The first-order valence-corrected chi connectivity index (χ1v) is 6.88. The lowest BCUT2D eigenvalue weighted by molar-refractivity contribution is -0.134. The van der Waals surface area contributed by atoms with Crippen molar-refractivity contribution in [1.82, 2.24) is 0 Å². The zero-order chi connectivity index (χ0) is 17.3. The molecule has 0 bridgehead atoms. The van der Waals surface area contributed by atoms with E-state index in [1.165, 1.54) is 19.9 Å². The molecule has 6 heteroatoms. The number of carbonyl (C=O) groups excluding carboxylic acids is 2. The predicted molar refractivity (Wildman–Crippen MR) is 84.0 cm³/mol. The van der Waals surface area contributed by atoms with Crippen LogP contribution in [0.3, 0.4) is 0 Å². The fraction of sp³-hybridized carbons (Fsp3) is 0.235. The molecular weight excluding hydrogens is 300 g/mol. The van der Waals surface area contributed by atoms with Gasteiger partial charge in [0.25, 0.3) is 0 Å². The normalized spacial score (nSPS) is 10.4. The van der Waals surface area contributed by atoms with Gasteiger partial charge in [-0.25, -0.2) is 0 Å². The Kier molecular flexibility index (Phi) is 4.36. The molecule has 0 amide bonds. The molecule has 0 spiro atoms. The Morgan fingerprint density at radius 3 is 2.09 bits per heavy atom. The number of esters is 2. The average molecular weight is 316 g/mol. The summed E-state index contributed by atoms with van der Waals surface area (Å²) < 4.78 is 10.3. The van der Waals surface area contributed by atoms with E-state index in [1.54, 1.807) is 26.0 Å². The van der Waals surface area contributed by atoms with Gasteiger partial charge >= 0.3 is 11.9 Å². The molecule has 2 aromatic carbocycles. The summed E-state index contributed by atoms with van der Waals surface area (Å²) in [6.07, 6.45) is 0. The third kappa shape index (κ3) is 3.31. The predicted octanol–water partition coefficient (Wildman–Crippen LogP) is 2.37. The first-order valence-electron chi connectivity index (χ1n) is 6.88. The molecule has 0 aliphatic heterocycles. The molecule has 0 saturated carbocycles. The summed E-state index contributed by atoms with van der Waals surface area (Å²) in [4.78, 5) is 34.8. The molecule has 0 unspecified atom stereocenters. The SMILES string of the molecule is CC(=O)Oc1c(C)cc2cc(C)cc(=O)c(O)c2c1OC(C)=O. The highest BCUT2D eigenvalue weighted by molar-refractivity contribution is 5.98. The zero-order valence-electron chi connectivity index (χ0n) is 13.2. The lowest BCUT2D eigenvalue weighted by Crippen LogP contribution is -2.09. The molecule has 23 heavy (non-hydrogen) atoms. The molecular formula is C17H16O6. The zero-order valence-corrected chi connectivity index (χ0v) is 13.2. The third-order valence-electron chi connectivity index (χ3n) is 3.16. The molecule has 0 saturated heterocycles. The van der Waals surface area contributed by atoms with Crippen molar-refractivity contribution in [3.63, 3.8) is 0 Å². The topological polar surface area (TPSA) is 89.9 Å². The summed E-state index contributed by atoms with van der Waals surface area (Å²) in [7, 11) is 0. The van der Waals surface area contributed by atoms with Crippen molar-refractivity contribution in [2.75, 3.05) is 0 Å². The van der Waals surface area contributed by atoms with Gasteiger partial charge in [0.15, 0.2) is 17.2 Å². The van der Waals surface area contributed by atoms with Gasteiger partial charge in [0, 0.05) is 13.8 Å². The number of hydrogen-bond acceptors (Lipinski definition) is 6. The second kappa shape index (κ2) is 6.08. The molecule has 0 aromatic heterocycles. The van der Waals surface area contributed by atoms with Gasteiger partial charge in [0.2, 0.25) is 5.43 Å². The van der Waals surface area contributed by atoms with Crippen LogP contribution in [0.5, 0.6) is 17.2 Å². The monoisotopic (exact) mass is 316 g/mol. The number of aromatic hydroxyl groups is 1. The summed E-state index contributed by atoms with van der Waals surface area (Å²) in [5, 5.41) is 10.8. The van der Waals surface area contributed by atoms with Gasteiger partial charge < -0.3 is 14.6 Å². The van der Waals surface area contributed by atoms with Crippen LogP contribution in [0.1, 0.15) is 25.0 Å². The number of carbonyl (C=O) groups is 2. The van der Waals surface area contributed by atoms with E-state index in [0.717, 1.165) is 0 Å². The number of aryl methyl sites for hydroxylation is 2. The number of ether oxygens (including phenoxy) is 2. The van der Waals surface area contributed by atoms with Gasteiger partial charge in [-0.15, -0.1) is 0 Å². The standard InChI is InChI=1S/C17H16O6/c1-8-5-12-7-9(2)16(22-10(3)18)17(23-11(4)19)14(12)15(21)13(20)6-8/h5-7H,1-4H3,(H,20,21). The van der Waals surface area contributed by atoms with E-state index in [-0.39, 0.29) is 16.9 Å². The van der Waals surface area contributed by atoms with Crippen molar-refractivity contribution in [2.45, 2.75) is 27.7 Å². The molecule has 2 aromatic rings. The van der Waals surface area contributed by atoms with Gasteiger partial charge in [0.05, 0.1) is 5.39 Å². The highest BCUT2D eigenvalue weighted by Gasteiger charge is 2.21. The number of fused-ring (bicyclic) bond motifs is 1. The van der Waals surface area contributed by atoms with Crippen LogP contribution >= 0.6 is 0 Å². The Hall–Kier alpha value is -2.89. The maximum absolute atomic E-state index is 12.0. The van der Waals surface area contributed by atoms with Crippen LogP contribution in [-0.4, -0.2) is 17.0 Å². The van der Waals surface area contributed by atoms with Gasteiger partial charge in [-0.2, -0.15) is 0 Å². The van der Waals surface area contributed by atoms with Crippen LogP contribution in [0.4, 0.5) is 0 Å². The van der Waals surface area contributed by atoms with Crippen molar-refractivity contribution in [2.24, 2.45) is 0 Å². The lowest BCUT2D eigenvalue weighted by Gasteiger charge is -2.14. The summed E-state index contributed by atoms with van der Waals surface area (Å²) in [5.74, 6) is -2.00. The third-order valence-corrected chi connectivity index (χ3v) is 3.16. The molecule has 0 atom stereocenters. The first-order chi connectivity index (χ1) is 10.7. The van der Waals surface area contributed by atoms with Crippen LogP contribution in [0.2, 0.25) is 0 Å². The molecule has 0 radical (unpaired) electrons. The van der Waals surface area contributed by atoms with Crippen LogP contribution in [0.15, 0.2) is 23.0 Å². The molecule has 1 N–H and O–H groups in total. The van der Waals surface area contributed by atoms with Crippen molar-refractivity contribution >= 4 is 22.7 Å². The van der Waals surface area contributed by atoms with Gasteiger partial charge in [-0.1, -0.05) is 6.07 Å². The van der Waals surface area contributed by atoms with Crippen molar-refractivity contribution in [3.8, 4) is 17.2 Å². The van der Waals surface area contributed by atoms with Crippen molar-refractivity contribution in [1.29, 1.82) is 0 Å². The van der Waals surface area contributed by atoms with E-state index in [4.69, 9.17) is 9.47 Å². The quantitative estimate of drug-likeness (QED) is 0.676. The first kappa shape index (κ1) is 16.5. The second-order valence-corrected chi connectivity index (χ2v) is 5.25. The molecule has 0 heterocycles. The minimum atomic E-state index is -0.666. The van der Waals surface area contributed by atoms with Gasteiger partial charge in [-0.3, -0.25) is 14.4 Å². The Bertz CT molecular complexity index is 882. The summed E-state index contributed by atoms with van der Waals surface area (Å²) in [6, 6.07) is 4.59. The fourth-order valence-corrected chi connectivity index (χ4v) is 2.35. The van der Waals surface area contributed by atoms with Crippen LogP contribution in [0.25, 0.3) is 10.8 Å². The second-order valence-electron chi connectivity index (χ2n) is 5.25. The number of benzene rings is 1. The van der Waals surface area contributed by atoms with E-state index in [9.17, 15) is 19.5 Å². The number of hydrogen-bond donors (Lipinski definition) is 1. The van der Waals surface area contributed by atoms with E-state index in [1.807, 2.05) is 0 Å². The van der Waals surface area contributed by atoms with E-state index in [2.05, 4.69) is 0 Å². The molecule has 6 nitrogen and oxygen atoms in total. The van der Waals surface area contributed by atoms with Crippen molar-refractivity contribution < 1.29 is 24.2 Å². The minimum absolute atomic E-state index is 0.00115. The maximum atomic E-state index is 12.0. The summed E-state index contributed by atoms with van der Waals surface area (Å²) in [6.45, 7) is 5.76. The fourth-order valence-electron chi connectivity index (χ4n) is 2.35. The smallest absolute Gasteiger partial charge is 0.308 e. The van der Waals surface area contributed by atoms with Crippen LogP contribution in [-0.2, 0) is 9.59 Å². The maximum Gasteiger partial charge on any atom is 0.308 e. The van der Waals surface area contributed by atoms with Crippen LogP contribution < -0.4 is 14.9 Å². The highest BCUT2D eigenvalue weighted by atomic mass is 16.6. The Labute approximate surface area is 132 Å². The van der Waals surface area contributed by atoms with E-state index < -0.39 is 23.1 Å². The van der Waals surface area contributed by atoms with Gasteiger partial charge in [-0.05, 0) is 42.5 Å². The summed E-state index contributed by atoms with van der Waals surface area (Å²) >= 11 is 0. The average Bonchev–Trinajstić information content (AvgIpc) is 2.50. The molecule has 0 fully saturated rings. The number of rotatable bonds is 2. The molecule has 0 aliphatic rings. The molecule has 2 rings (SSSR count). The summed E-state index contributed by atoms with van der Waals surface area (Å²) in [5.41, 5.74) is 0.540. The van der Waals surface area contributed by atoms with Crippen LogP contribution in [0, 0.1) is 13.8 Å². The molecule has 120 valence electrons. The largest absolute Gasteiger partial charge is 0.504 e. The van der Waals surface area contributed by atoms with Crippen molar-refractivity contribution in [3.05, 3.63) is 39.5 Å². The Morgan fingerprint density at radius 2 is 1.52 bits per heavy atom. The highest BCUT2D eigenvalue weighted by Crippen LogP contribution is 2.42.